The summed E-state index contributed by atoms with van der Waals surface area (Å²) in [4.78, 5) is 27.6. The zero-order chi connectivity index (χ0) is 18.7. The predicted octanol–water partition coefficient (Wildman–Crippen LogP) is 2.66. The lowest BCUT2D eigenvalue weighted by Gasteiger charge is -2.42. The Hall–Kier alpha value is -2.15. The van der Waals surface area contributed by atoms with Crippen LogP contribution in [0.2, 0.25) is 0 Å². The summed E-state index contributed by atoms with van der Waals surface area (Å²) in [6, 6.07) is 5.25. The number of hydrogen-bond acceptors (Lipinski definition) is 5. The van der Waals surface area contributed by atoms with E-state index in [4.69, 9.17) is 0 Å². The van der Waals surface area contributed by atoms with E-state index in [9.17, 15) is 14.9 Å². The van der Waals surface area contributed by atoms with Gasteiger partial charge in [0.2, 0.25) is 0 Å². The monoisotopic (exact) mass is 360 g/mol. The fraction of sp³-hybridized carbons (Fsp3) is 0.632. The molecule has 1 saturated heterocycles. The fourth-order valence-electron chi connectivity index (χ4n) is 4.17. The molecule has 1 aromatic rings. The molecule has 3 rings (SSSR count). The Morgan fingerprint density at radius 2 is 1.81 bits per heavy atom. The van der Waals surface area contributed by atoms with Crippen molar-refractivity contribution < 1.29 is 9.72 Å². The number of nitrogens with one attached hydrogen (secondary N) is 1. The molecule has 1 heterocycles. The van der Waals surface area contributed by atoms with Gasteiger partial charge in [-0.05, 0) is 37.7 Å². The molecule has 0 bridgehead atoms. The maximum Gasteiger partial charge on any atom is 0.270 e. The molecule has 1 aromatic carbocycles. The summed E-state index contributed by atoms with van der Waals surface area (Å²) in [6.07, 6.45) is 5.19. The molecule has 0 aromatic heterocycles. The summed E-state index contributed by atoms with van der Waals surface area (Å²) in [5.74, 6) is 0.565. The van der Waals surface area contributed by atoms with Crippen molar-refractivity contribution >= 4 is 17.3 Å². The van der Waals surface area contributed by atoms with Gasteiger partial charge in [0.15, 0.2) is 0 Å². The molecule has 0 atom stereocenters. The van der Waals surface area contributed by atoms with Crippen LogP contribution >= 0.6 is 0 Å². The van der Waals surface area contributed by atoms with Gasteiger partial charge in [-0.15, -0.1) is 0 Å². The molecule has 2 aliphatic rings. The summed E-state index contributed by atoms with van der Waals surface area (Å²) in [7, 11) is 1.55. The minimum absolute atomic E-state index is 0.0534. The topological polar surface area (TPSA) is 78.7 Å². The van der Waals surface area contributed by atoms with Crippen LogP contribution in [0, 0.1) is 16.0 Å². The number of benzene rings is 1. The van der Waals surface area contributed by atoms with E-state index in [1.54, 1.807) is 13.1 Å². The summed E-state index contributed by atoms with van der Waals surface area (Å²) >= 11 is 0. The smallest absolute Gasteiger partial charge is 0.270 e. The molecule has 142 valence electrons. The first-order valence-corrected chi connectivity index (χ1v) is 9.49. The molecule has 0 spiro atoms. The lowest BCUT2D eigenvalue weighted by Crippen LogP contribution is -2.51. The second kappa shape index (κ2) is 8.03. The molecule has 26 heavy (non-hydrogen) atoms. The quantitative estimate of drug-likeness (QED) is 0.660. The van der Waals surface area contributed by atoms with Crippen LogP contribution in [0.15, 0.2) is 18.2 Å². The van der Waals surface area contributed by atoms with Gasteiger partial charge < -0.3 is 10.2 Å². The number of piperazine rings is 1. The van der Waals surface area contributed by atoms with E-state index in [2.05, 4.69) is 22.0 Å². The second-order valence-electron chi connectivity index (χ2n) is 7.47. The van der Waals surface area contributed by atoms with Crippen LogP contribution in [0.25, 0.3) is 0 Å². The lowest BCUT2D eigenvalue weighted by atomic mass is 9.86. The van der Waals surface area contributed by atoms with E-state index in [0.29, 0.717) is 11.6 Å². The summed E-state index contributed by atoms with van der Waals surface area (Å²) < 4.78 is 0. The second-order valence-corrected chi connectivity index (χ2v) is 7.47. The molecule has 1 amide bonds. The number of carbonyl (C=O) groups excluding carboxylic acids is 1. The van der Waals surface area contributed by atoms with E-state index >= 15 is 0 Å². The van der Waals surface area contributed by atoms with Gasteiger partial charge in [0.1, 0.15) is 0 Å². The molecule has 1 saturated carbocycles. The maximum absolute atomic E-state index is 12.2. The van der Waals surface area contributed by atoms with Crippen molar-refractivity contribution in [2.45, 2.75) is 38.6 Å². The summed E-state index contributed by atoms with van der Waals surface area (Å²) in [5, 5.41) is 13.6. The zero-order valence-corrected chi connectivity index (χ0v) is 15.6. The predicted molar refractivity (Wildman–Crippen MR) is 102 cm³/mol. The average Bonchev–Trinajstić information content (AvgIpc) is 2.67. The number of non-ortho nitro benzene ring substituents is 1. The number of nitrogens with zero attached hydrogens (tertiary/aromatic N) is 3. The van der Waals surface area contributed by atoms with Crippen molar-refractivity contribution in [1.29, 1.82) is 0 Å². The van der Waals surface area contributed by atoms with Gasteiger partial charge in [0, 0.05) is 51.4 Å². The third kappa shape index (κ3) is 3.98. The van der Waals surface area contributed by atoms with E-state index in [1.165, 1.54) is 37.8 Å². The highest BCUT2D eigenvalue weighted by molar-refractivity contribution is 6.00. The van der Waals surface area contributed by atoms with Crippen LogP contribution in [0.1, 0.15) is 43.0 Å². The Kier molecular flexibility index (Phi) is 5.76. The number of anilines is 1. The number of rotatable bonds is 4. The van der Waals surface area contributed by atoms with Gasteiger partial charge in [-0.25, -0.2) is 0 Å². The molecule has 0 radical (unpaired) electrons. The van der Waals surface area contributed by atoms with Crippen LogP contribution in [-0.2, 0) is 0 Å². The van der Waals surface area contributed by atoms with Crippen LogP contribution < -0.4 is 10.2 Å². The van der Waals surface area contributed by atoms with Gasteiger partial charge in [-0.1, -0.05) is 6.92 Å². The van der Waals surface area contributed by atoms with Crippen LogP contribution in [0.3, 0.4) is 0 Å². The van der Waals surface area contributed by atoms with Crippen molar-refractivity contribution in [1.82, 2.24) is 10.2 Å². The van der Waals surface area contributed by atoms with Crippen LogP contribution in [0.5, 0.6) is 0 Å². The first-order valence-electron chi connectivity index (χ1n) is 9.49. The molecular formula is C19H28N4O3. The number of nitro benzene ring substituents is 1. The standard InChI is InChI=1S/C19H28N4O3/c1-14-3-5-15(6-4-14)21-9-11-22(12-10-21)18-8-7-16(23(25)26)13-17(18)19(24)20-2/h7-8,13-15H,3-6,9-12H2,1-2H3,(H,20,24). The Morgan fingerprint density at radius 3 is 2.38 bits per heavy atom. The Balaban J connectivity index is 1.70. The first kappa shape index (κ1) is 18.6. The molecule has 1 N–H and O–H groups in total. The first-order chi connectivity index (χ1) is 12.5. The molecule has 7 nitrogen and oxygen atoms in total. The van der Waals surface area contributed by atoms with Crippen LogP contribution in [0.4, 0.5) is 11.4 Å². The Bertz CT molecular complexity index is 663. The van der Waals surface area contributed by atoms with E-state index in [0.717, 1.165) is 37.8 Å². The van der Waals surface area contributed by atoms with Gasteiger partial charge in [0.05, 0.1) is 16.2 Å². The van der Waals surface area contributed by atoms with E-state index < -0.39 is 4.92 Å². The average molecular weight is 360 g/mol. The van der Waals surface area contributed by atoms with Crippen molar-refractivity contribution in [3.8, 4) is 0 Å². The molecule has 1 aliphatic heterocycles. The Labute approximate surface area is 154 Å². The summed E-state index contributed by atoms with van der Waals surface area (Å²) in [6.45, 7) is 5.97. The molecule has 1 aliphatic carbocycles. The number of hydrogen-bond donors (Lipinski definition) is 1. The van der Waals surface area contributed by atoms with E-state index in [1.807, 2.05) is 0 Å². The van der Waals surface area contributed by atoms with Crippen molar-refractivity contribution in [2.24, 2.45) is 5.92 Å². The molecule has 0 unspecified atom stereocenters. The van der Waals surface area contributed by atoms with Crippen molar-refractivity contribution in [3.63, 3.8) is 0 Å². The third-order valence-corrected chi connectivity index (χ3v) is 5.82. The van der Waals surface area contributed by atoms with Gasteiger partial charge >= 0.3 is 0 Å². The third-order valence-electron chi connectivity index (χ3n) is 5.82. The van der Waals surface area contributed by atoms with Gasteiger partial charge in [-0.2, -0.15) is 0 Å². The minimum atomic E-state index is -0.460. The van der Waals surface area contributed by atoms with Gasteiger partial charge in [0.25, 0.3) is 11.6 Å². The fourth-order valence-corrected chi connectivity index (χ4v) is 4.17. The molecule has 2 fully saturated rings. The lowest BCUT2D eigenvalue weighted by molar-refractivity contribution is -0.384. The normalized spacial score (nSPS) is 24.3. The SMILES string of the molecule is CNC(=O)c1cc([N+](=O)[O-])ccc1N1CCN(C2CCC(C)CC2)CC1. The molecule has 7 heteroatoms. The van der Waals surface area contributed by atoms with Crippen molar-refractivity contribution in [3.05, 3.63) is 33.9 Å². The van der Waals surface area contributed by atoms with E-state index in [-0.39, 0.29) is 11.6 Å². The largest absolute Gasteiger partial charge is 0.368 e. The van der Waals surface area contributed by atoms with Gasteiger partial charge in [-0.3, -0.25) is 19.8 Å². The highest BCUT2D eigenvalue weighted by Gasteiger charge is 2.28. The molecular weight excluding hydrogens is 332 g/mol. The maximum atomic E-state index is 12.2. The number of amides is 1. The highest BCUT2D eigenvalue weighted by atomic mass is 16.6. The Morgan fingerprint density at radius 1 is 1.15 bits per heavy atom. The van der Waals surface area contributed by atoms with Crippen molar-refractivity contribution in [2.75, 3.05) is 38.1 Å². The van der Waals surface area contributed by atoms with Crippen LogP contribution in [-0.4, -0.2) is 55.0 Å². The minimum Gasteiger partial charge on any atom is -0.368 e. The highest BCUT2D eigenvalue weighted by Crippen LogP contribution is 2.30. The number of carbonyl (C=O) groups is 1. The summed E-state index contributed by atoms with van der Waals surface area (Å²) in [5.41, 5.74) is 1.11. The zero-order valence-electron chi connectivity index (χ0n) is 15.6. The number of nitro groups is 1.